The number of nitrogens with zero attached hydrogens (tertiary/aromatic N) is 2. The first-order chi connectivity index (χ1) is 12.0. The number of unbranched alkanes of at least 4 members (excludes halogenated alkanes) is 1. The van der Waals surface area contributed by atoms with E-state index in [9.17, 15) is 4.79 Å². The predicted molar refractivity (Wildman–Crippen MR) is 86.4 cm³/mol. The minimum atomic E-state index is -0.749. The van der Waals surface area contributed by atoms with Gasteiger partial charge in [-0.15, -0.1) is 0 Å². The zero-order valence-electron chi connectivity index (χ0n) is 14.6. The summed E-state index contributed by atoms with van der Waals surface area (Å²) in [6, 6.07) is 0.932. The van der Waals surface area contributed by atoms with E-state index < -0.39 is 12.1 Å². The Morgan fingerprint density at radius 2 is 2.20 bits per heavy atom. The van der Waals surface area contributed by atoms with Gasteiger partial charge in [0.25, 0.3) is 5.88 Å². The van der Waals surface area contributed by atoms with E-state index in [0.717, 1.165) is 30.5 Å². The van der Waals surface area contributed by atoms with Crippen molar-refractivity contribution in [2.45, 2.75) is 52.7 Å². The van der Waals surface area contributed by atoms with E-state index in [1.165, 1.54) is 6.07 Å². The van der Waals surface area contributed by atoms with Gasteiger partial charge in [-0.25, -0.2) is 4.79 Å². The van der Waals surface area contributed by atoms with Gasteiger partial charge in [0.15, 0.2) is 0 Å². The van der Waals surface area contributed by atoms with Gasteiger partial charge in [0, 0.05) is 0 Å². The summed E-state index contributed by atoms with van der Waals surface area (Å²) in [6.07, 6.45) is 2.15. The van der Waals surface area contributed by atoms with Crippen molar-refractivity contribution in [1.82, 2.24) is 15.6 Å². The fourth-order valence-electron chi connectivity index (χ4n) is 2.04. The van der Waals surface area contributed by atoms with E-state index in [1.807, 2.05) is 6.92 Å². The molecule has 0 aliphatic rings. The maximum atomic E-state index is 11.5. The first-order valence-electron chi connectivity index (χ1n) is 8.16. The van der Waals surface area contributed by atoms with E-state index in [4.69, 9.17) is 23.6 Å². The Hall–Kier alpha value is -2.55. The molecule has 0 aliphatic heterocycles. The summed E-state index contributed by atoms with van der Waals surface area (Å²) in [5.74, 6) is 0.773. The normalized spacial score (nSPS) is 12.0. The molecule has 2 heterocycles. The predicted octanol–water partition coefficient (Wildman–Crippen LogP) is 2.36. The average Bonchev–Trinajstić information content (AvgIpc) is 3.17. The van der Waals surface area contributed by atoms with E-state index in [0.29, 0.717) is 5.76 Å². The van der Waals surface area contributed by atoms with Crippen molar-refractivity contribution < 1.29 is 28.4 Å². The summed E-state index contributed by atoms with van der Waals surface area (Å²) in [4.78, 5) is 11.5. The van der Waals surface area contributed by atoms with E-state index in [-0.39, 0.29) is 25.0 Å². The average molecular weight is 353 g/mol. The van der Waals surface area contributed by atoms with E-state index >= 15 is 0 Å². The summed E-state index contributed by atoms with van der Waals surface area (Å²) in [6.45, 7) is 5.60. The lowest BCUT2D eigenvalue weighted by atomic mass is 10.1. The molecule has 0 radical (unpaired) electrons. The van der Waals surface area contributed by atoms with Crippen LogP contribution in [0.5, 0.6) is 11.8 Å². The zero-order chi connectivity index (χ0) is 18.2. The molecule has 9 heteroatoms. The lowest BCUT2D eigenvalue weighted by molar-refractivity contribution is 0.168. The minimum Gasteiger partial charge on any atom is -0.470 e. The van der Waals surface area contributed by atoms with Crippen molar-refractivity contribution in [3.05, 3.63) is 23.1 Å². The number of nitrogens with one attached hydrogen (secondary N) is 1. The number of rotatable bonds is 9. The van der Waals surface area contributed by atoms with Crippen molar-refractivity contribution in [3.63, 3.8) is 0 Å². The number of aromatic nitrogens is 2. The molecule has 0 saturated carbocycles. The molecule has 2 aromatic rings. The van der Waals surface area contributed by atoms with Crippen molar-refractivity contribution >= 4 is 6.09 Å². The fourth-order valence-corrected chi connectivity index (χ4v) is 2.04. The molecule has 1 amide bonds. The van der Waals surface area contributed by atoms with Gasteiger partial charge >= 0.3 is 12.0 Å². The molecule has 1 atom stereocenters. The van der Waals surface area contributed by atoms with Crippen molar-refractivity contribution in [2.24, 2.45) is 0 Å². The standard InChI is InChI=1S/C16H23N3O6/c1-4-5-6-13-12(11(3)24-18-13)9-22-14-7-15(25-19-14)23-16(21)17-10(2)8-20/h7,10,20H,4-6,8-9H2,1-3H3,(H,17,21). The van der Waals surface area contributed by atoms with Gasteiger partial charge in [-0.3, -0.25) is 0 Å². The highest BCUT2D eigenvalue weighted by Gasteiger charge is 2.16. The van der Waals surface area contributed by atoms with Gasteiger partial charge in [-0.1, -0.05) is 18.5 Å². The first kappa shape index (κ1) is 18.8. The molecule has 25 heavy (non-hydrogen) atoms. The van der Waals surface area contributed by atoms with Crippen LogP contribution in [0.1, 0.15) is 43.7 Å². The number of hydrogen-bond acceptors (Lipinski definition) is 8. The molecule has 0 bridgehead atoms. The third-order valence-electron chi connectivity index (χ3n) is 3.50. The number of amides is 1. The Balaban J connectivity index is 1.89. The van der Waals surface area contributed by atoms with Crippen LogP contribution in [0.2, 0.25) is 0 Å². The fraction of sp³-hybridized carbons (Fsp3) is 0.562. The molecular formula is C16H23N3O6. The number of hydrogen-bond donors (Lipinski definition) is 2. The summed E-state index contributed by atoms with van der Waals surface area (Å²) >= 11 is 0. The molecule has 9 nitrogen and oxygen atoms in total. The molecule has 2 aromatic heterocycles. The topological polar surface area (TPSA) is 120 Å². The van der Waals surface area contributed by atoms with Crippen molar-refractivity contribution in [2.75, 3.05) is 6.61 Å². The largest absolute Gasteiger partial charge is 0.470 e. The molecule has 0 spiro atoms. The molecule has 2 N–H and O–H groups in total. The number of aliphatic hydroxyl groups excluding tert-OH is 1. The number of carbonyl (C=O) groups excluding carboxylic acids is 1. The third kappa shape index (κ3) is 5.49. The summed E-state index contributed by atoms with van der Waals surface area (Å²) in [5, 5.41) is 19.0. The van der Waals surface area contributed by atoms with Crippen molar-refractivity contribution in [1.29, 1.82) is 0 Å². The second kappa shape index (κ2) is 9.07. The molecular weight excluding hydrogens is 330 g/mol. The molecule has 1 unspecified atom stereocenters. The molecule has 0 aliphatic carbocycles. The van der Waals surface area contributed by atoms with Crippen LogP contribution < -0.4 is 14.8 Å². The monoisotopic (exact) mass is 353 g/mol. The molecule has 0 aromatic carbocycles. The highest BCUT2D eigenvalue weighted by molar-refractivity contribution is 5.69. The summed E-state index contributed by atoms with van der Waals surface area (Å²) in [7, 11) is 0. The Kier molecular flexibility index (Phi) is 6.81. The summed E-state index contributed by atoms with van der Waals surface area (Å²) in [5.41, 5.74) is 1.75. The molecule has 0 fully saturated rings. The maximum Gasteiger partial charge on any atom is 0.415 e. The van der Waals surface area contributed by atoms with Gasteiger partial charge in [-0.05, 0) is 31.8 Å². The lowest BCUT2D eigenvalue weighted by Gasteiger charge is -2.08. The zero-order valence-corrected chi connectivity index (χ0v) is 14.6. The van der Waals surface area contributed by atoms with Gasteiger partial charge in [0.1, 0.15) is 12.4 Å². The van der Waals surface area contributed by atoms with Crippen LogP contribution in [0.15, 0.2) is 15.1 Å². The Labute approximate surface area is 145 Å². The van der Waals surface area contributed by atoms with Crippen LogP contribution in [0.25, 0.3) is 0 Å². The van der Waals surface area contributed by atoms with Crippen LogP contribution in [-0.2, 0) is 13.0 Å². The number of aryl methyl sites for hydroxylation is 2. The molecule has 2 rings (SSSR count). The molecule has 0 saturated heterocycles. The Morgan fingerprint density at radius 1 is 1.40 bits per heavy atom. The highest BCUT2D eigenvalue weighted by atomic mass is 16.7. The van der Waals surface area contributed by atoms with Gasteiger partial charge in [0.2, 0.25) is 0 Å². The SMILES string of the molecule is CCCCc1noc(C)c1COc1cc(OC(=O)NC(C)CO)on1. The first-order valence-corrected chi connectivity index (χ1v) is 8.16. The van der Waals surface area contributed by atoms with E-state index in [1.54, 1.807) is 6.92 Å². The summed E-state index contributed by atoms with van der Waals surface area (Å²) < 4.78 is 20.6. The van der Waals surface area contributed by atoms with Crippen LogP contribution in [0, 0.1) is 6.92 Å². The second-order valence-corrected chi connectivity index (χ2v) is 5.66. The highest BCUT2D eigenvalue weighted by Crippen LogP contribution is 2.22. The van der Waals surface area contributed by atoms with Gasteiger partial charge in [-0.2, -0.15) is 0 Å². The number of ether oxygens (including phenoxy) is 2. The van der Waals surface area contributed by atoms with Crippen LogP contribution in [-0.4, -0.2) is 34.2 Å². The van der Waals surface area contributed by atoms with E-state index in [2.05, 4.69) is 22.6 Å². The van der Waals surface area contributed by atoms with Gasteiger partial charge in [0.05, 0.1) is 30.0 Å². The molecule has 138 valence electrons. The Bertz CT molecular complexity index is 681. The minimum absolute atomic E-state index is 0.106. The quantitative estimate of drug-likeness (QED) is 0.705. The second-order valence-electron chi connectivity index (χ2n) is 5.66. The van der Waals surface area contributed by atoms with Crippen LogP contribution in [0.4, 0.5) is 4.79 Å². The van der Waals surface area contributed by atoms with Crippen molar-refractivity contribution in [3.8, 4) is 11.8 Å². The van der Waals surface area contributed by atoms with Gasteiger partial charge < -0.3 is 28.9 Å². The number of carbonyl (C=O) groups is 1. The lowest BCUT2D eigenvalue weighted by Crippen LogP contribution is -2.36. The van der Waals surface area contributed by atoms with Crippen LogP contribution >= 0.6 is 0 Å². The maximum absolute atomic E-state index is 11.5. The smallest absolute Gasteiger partial charge is 0.415 e. The number of aliphatic hydroxyl groups is 1. The van der Waals surface area contributed by atoms with Crippen LogP contribution in [0.3, 0.4) is 0 Å². The Morgan fingerprint density at radius 3 is 2.92 bits per heavy atom. The third-order valence-corrected chi connectivity index (χ3v) is 3.50.